The van der Waals surface area contributed by atoms with Gasteiger partial charge in [0.2, 0.25) is 0 Å². The average molecular weight is 283 g/mol. The molecule has 0 aliphatic rings. The van der Waals surface area contributed by atoms with Gasteiger partial charge in [0.15, 0.2) is 5.78 Å². The summed E-state index contributed by atoms with van der Waals surface area (Å²) in [5.41, 5.74) is 0.164. The van der Waals surface area contributed by atoms with Crippen LogP contribution in [-0.2, 0) is 0 Å². The van der Waals surface area contributed by atoms with E-state index < -0.39 is 12.1 Å². The Kier molecular flexibility index (Phi) is 3.38. The number of carbonyl (C=O) groups is 1. The molecule has 1 rings (SSSR count). The van der Waals surface area contributed by atoms with Gasteiger partial charge in [-0.05, 0) is 35.0 Å². The molecule has 0 amide bonds. The minimum absolute atomic E-state index is 0.143. The summed E-state index contributed by atoms with van der Waals surface area (Å²) in [7, 11) is 0. The minimum atomic E-state index is -4.77. The molecule has 0 N–H and O–H groups in total. The molecule has 1 aromatic rings. The molecule has 82 valence electrons. The summed E-state index contributed by atoms with van der Waals surface area (Å²) in [4.78, 5) is 10.9. The molecule has 0 unspecified atom stereocenters. The highest BCUT2D eigenvalue weighted by Gasteiger charge is 2.32. The highest BCUT2D eigenvalue weighted by Crippen LogP contribution is 2.31. The van der Waals surface area contributed by atoms with E-state index in [2.05, 4.69) is 20.7 Å². The molecule has 0 radical (unpaired) electrons. The van der Waals surface area contributed by atoms with Gasteiger partial charge in [0.1, 0.15) is 5.75 Å². The number of hydrogen-bond acceptors (Lipinski definition) is 2. The Morgan fingerprint density at radius 3 is 2.47 bits per heavy atom. The third-order valence-electron chi connectivity index (χ3n) is 1.56. The van der Waals surface area contributed by atoms with E-state index in [-0.39, 0.29) is 15.8 Å². The largest absolute Gasteiger partial charge is 0.573 e. The van der Waals surface area contributed by atoms with Crippen LogP contribution in [0.3, 0.4) is 0 Å². The maximum atomic E-state index is 11.9. The summed E-state index contributed by atoms with van der Waals surface area (Å²) in [5.74, 6) is -0.746. The molecule has 0 bridgehead atoms. The average Bonchev–Trinajstić information content (AvgIpc) is 2.06. The van der Waals surface area contributed by atoms with Crippen LogP contribution >= 0.6 is 15.9 Å². The summed E-state index contributed by atoms with van der Waals surface area (Å²) in [6, 6.07) is 3.79. The van der Waals surface area contributed by atoms with Crippen LogP contribution in [0.25, 0.3) is 0 Å². The monoisotopic (exact) mass is 282 g/mol. The third-order valence-corrected chi connectivity index (χ3v) is 2.22. The van der Waals surface area contributed by atoms with Crippen LogP contribution in [0.1, 0.15) is 17.3 Å². The van der Waals surface area contributed by atoms with Gasteiger partial charge in [0, 0.05) is 5.56 Å². The number of hydrogen-bond donors (Lipinski definition) is 0. The first-order valence-electron chi connectivity index (χ1n) is 3.86. The lowest BCUT2D eigenvalue weighted by molar-refractivity contribution is -0.274. The fraction of sp³-hybridized carbons (Fsp3) is 0.222. The lowest BCUT2D eigenvalue weighted by atomic mass is 10.1. The molecule has 0 aliphatic carbocycles. The van der Waals surface area contributed by atoms with E-state index in [1.807, 2.05) is 0 Å². The van der Waals surface area contributed by atoms with Gasteiger partial charge in [-0.2, -0.15) is 0 Å². The molecule has 2 nitrogen and oxygen atoms in total. The number of alkyl halides is 3. The molecule has 0 spiro atoms. The van der Waals surface area contributed by atoms with Crippen LogP contribution in [0.2, 0.25) is 0 Å². The van der Waals surface area contributed by atoms with Gasteiger partial charge in [0.25, 0.3) is 0 Å². The van der Waals surface area contributed by atoms with Gasteiger partial charge in [-0.15, -0.1) is 13.2 Å². The molecule has 0 fully saturated rings. The van der Waals surface area contributed by atoms with Crippen LogP contribution in [0.15, 0.2) is 22.7 Å². The van der Waals surface area contributed by atoms with Crippen molar-refractivity contribution in [2.75, 3.05) is 0 Å². The smallest absolute Gasteiger partial charge is 0.405 e. The first-order valence-corrected chi connectivity index (χ1v) is 4.65. The van der Waals surface area contributed by atoms with Crippen molar-refractivity contribution in [2.45, 2.75) is 13.3 Å². The Morgan fingerprint density at radius 2 is 2.00 bits per heavy atom. The second-order valence-electron chi connectivity index (χ2n) is 2.75. The Morgan fingerprint density at radius 1 is 1.40 bits per heavy atom. The predicted octanol–water partition coefficient (Wildman–Crippen LogP) is 3.55. The van der Waals surface area contributed by atoms with Crippen molar-refractivity contribution in [1.82, 2.24) is 0 Å². The Labute approximate surface area is 92.2 Å². The number of benzene rings is 1. The first kappa shape index (κ1) is 12.0. The number of ketones is 1. The van der Waals surface area contributed by atoms with Crippen LogP contribution in [0.4, 0.5) is 13.2 Å². The second kappa shape index (κ2) is 4.22. The molecule has 0 saturated carbocycles. The van der Waals surface area contributed by atoms with Crippen LogP contribution in [-0.4, -0.2) is 12.1 Å². The lowest BCUT2D eigenvalue weighted by Gasteiger charge is -2.11. The van der Waals surface area contributed by atoms with Crippen molar-refractivity contribution in [2.24, 2.45) is 0 Å². The number of carbonyl (C=O) groups excluding carboxylic acids is 1. The summed E-state index contributed by atoms with van der Waals surface area (Å²) in [6.45, 7) is 1.26. The van der Waals surface area contributed by atoms with Gasteiger partial charge >= 0.3 is 6.36 Å². The van der Waals surface area contributed by atoms with Crippen LogP contribution in [0, 0.1) is 0 Å². The van der Waals surface area contributed by atoms with E-state index >= 15 is 0 Å². The lowest BCUT2D eigenvalue weighted by Crippen LogP contribution is -2.17. The topological polar surface area (TPSA) is 26.3 Å². The van der Waals surface area contributed by atoms with E-state index in [9.17, 15) is 18.0 Å². The highest BCUT2D eigenvalue weighted by molar-refractivity contribution is 9.10. The zero-order chi connectivity index (χ0) is 11.6. The van der Waals surface area contributed by atoms with Gasteiger partial charge in [-0.1, -0.05) is 6.07 Å². The summed E-state index contributed by atoms with van der Waals surface area (Å²) < 4.78 is 39.6. The fourth-order valence-electron chi connectivity index (χ4n) is 0.925. The van der Waals surface area contributed by atoms with E-state index in [0.717, 1.165) is 6.07 Å². The van der Waals surface area contributed by atoms with Gasteiger partial charge in [-0.3, -0.25) is 4.79 Å². The molecular formula is C9H6BrF3O2. The Balaban J connectivity index is 3.06. The van der Waals surface area contributed by atoms with Crippen molar-refractivity contribution in [3.05, 3.63) is 28.2 Å². The SMILES string of the molecule is CC(=O)c1ccc(Br)c(OC(F)(F)F)c1. The van der Waals surface area contributed by atoms with E-state index in [0.29, 0.717) is 0 Å². The molecule has 1 aromatic carbocycles. The Hall–Kier alpha value is -1.04. The van der Waals surface area contributed by atoms with Crippen LogP contribution in [0.5, 0.6) is 5.75 Å². The van der Waals surface area contributed by atoms with Crippen molar-refractivity contribution in [3.63, 3.8) is 0 Å². The molecular weight excluding hydrogens is 277 g/mol. The molecule has 0 atom stereocenters. The number of rotatable bonds is 2. The number of halogens is 4. The quantitative estimate of drug-likeness (QED) is 0.776. The highest BCUT2D eigenvalue weighted by atomic mass is 79.9. The summed E-state index contributed by atoms with van der Waals surface area (Å²) >= 11 is 2.90. The van der Waals surface area contributed by atoms with Crippen molar-refractivity contribution >= 4 is 21.7 Å². The van der Waals surface area contributed by atoms with E-state index in [1.54, 1.807) is 0 Å². The zero-order valence-electron chi connectivity index (χ0n) is 7.56. The number of Topliss-reactive ketones (excluding diaryl/α,β-unsaturated/α-hetero) is 1. The standard InChI is InChI=1S/C9H6BrF3O2/c1-5(14)6-2-3-7(10)8(4-6)15-9(11,12)13/h2-4H,1H3. The molecule has 6 heteroatoms. The Bertz CT molecular complexity index is 387. The third kappa shape index (κ3) is 3.54. The van der Waals surface area contributed by atoms with Gasteiger partial charge < -0.3 is 4.74 Å². The van der Waals surface area contributed by atoms with Crippen molar-refractivity contribution in [1.29, 1.82) is 0 Å². The summed E-state index contributed by atoms with van der Waals surface area (Å²) in [5, 5.41) is 0. The second-order valence-corrected chi connectivity index (χ2v) is 3.60. The van der Waals surface area contributed by atoms with E-state index in [1.165, 1.54) is 19.1 Å². The van der Waals surface area contributed by atoms with Crippen molar-refractivity contribution < 1.29 is 22.7 Å². The molecule has 0 aromatic heterocycles. The first-order chi connectivity index (χ1) is 6.79. The van der Waals surface area contributed by atoms with Gasteiger partial charge in [0.05, 0.1) is 4.47 Å². The van der Waals surface area contributed by atoms with E-state index in [4.69, 9.17) is 0 Å². The normalized spacial score (nSPS) is 11.3. The predicted molar refractivity (Wildman–Crippen MR) is 50.8 cm³/mol. The molecule has 0 saturated heterocycles. The van der Waals surface area contributed by atoms with Gasteiger partial charge in [-0.25, -0.2) is 0 Å². The van der Waals surface area contributed by atoms with Crippen LogP contribution < -0.4 is 4.74 Å². The number of ether oxygens (including phenoxy) is 1. The molecule has 15 heavy (non-hydrogen) atoms. The molecule has 0 heterocycles. The zero-order valence-corrected chi connectivity index (χ0v) is 9.15. The summed E-state index contributed by atoms with van der Waals surface area (Å²) in [6.07, 6.45) is -4.77. The maximum absolute atomic E-state index is 11.9. The molecule has 0 aliphatic heterocycles. The maximum Gasteiger partial charge on any atom is 0.573 e. The fourth-order valence-corrected chi connectivity index (χ4v) is 1.25. The minimum Gasteiger partial charge on any atom is -0.405 e. The van der Waals surface area contributed by atoms with Crippen molar-refractivity contribution in [3.8, 4) is 5.75 Å².